The average molecular weight is 220 g/mol. The average Bonchev–Trinajstić information content (AvgIpc) is 2.03. The van der Waals surface area contributed by atoms with Crippen LogP contribution in [0.2, 0.25) is 0 Å². The molecule has 0 spiro atoms. The summed E-state index contributed by atoms with van der Waals surface area (Å²) in [5.74, 6) is 0.107. The number of carbonyl (C=O) groups is 1. The fourth-order valence-corrected chi connectivity index (χ4v) is 1.11. The van der Waals surface area contributed by atoms with Crippen molar-refractivity contribution in [1.29, 1.82) is 0 Å². The van der Waals surface area contributed by atoms with E-state index in [9.17, 15) is 4.79 Å². The lowest BCUT2D eigenvalue weighted by molar-refractivity contribution is -0.122. The molecule has 84 valence electrons. The van der Waals surface area contributed by atoms with Gasteiger partial charge in [0.2, 0.25) is 5.91 Å². The molecule has 0 fully saturated rings. The lowest BCUT2D eigenvalue weighted by Crippen LogP contribution is -2.48. The molecule has 0 saturated carbocycles. The SMILES string of the molecule is CCCCCC(=O)NC(C)(C)C(C)Cl. The maximum absolute atomic E-state index is 11.5. The van der Waals surface area contributed by atoms with Crippen LogP contribution in [-0.2, 0) is 4.79 Å². The van der Waals surface area contributed by atoms with Crippen LogP contribution in [0.1, 0.15) is 53.4 Å². The van der Waals surface area contributed by atoms with Crippen molar-refractivity contribution in [3.05, 3.63) is 0 Å². The summed E-state index contributed by atoms with van der Waals surface area (Å²) in [6, 6.07) is 0. The van der Waals surface area contributed by atoms with Gasteiger partial charge in [-0.05, 0) is 27.2 Å². The van der Waals surface area contributed by atoms with Gasteiger partial charge in [0.05, 0.1) is 10.9 Å². The number of rotatable bonds is 6. The van der Waals surface area contributed by atoms with E-state index in [1.807, 2.05) is 20.8 Å². The van der Waals surface area contributed by atoms with Crippen LogP contribution >= 0.6 is 11.6 Å². The molecule has 2 nitrogen and oxygen atoms in total. The lowest BCUT2D eigenvalue weighted by Gasteiger charge is -2.28. The zero-order chi connectivity index (χ0) is 11.2. The van der Waals surface area contributed by atoms with Crippen molar-refractivity contribution >= 4 is 17.5 Å². The van der Waals surface area contributed by atoms with Crippen LogP contribution in [-0.4, -0.2) is 16.8 Å². The second-order valence-electron chi connectivity index (χ2n) is 4.34. The second kappa shape index (κ2) is 6.28. The Morgan fingerprint density at radius 1 is 1.43 bits per heavy atom. The quantitative estimate of drug-likeness (QED) is 0.540. The van der Waals surface area contributed by atoms with Gasteiger partial charge in [-0.1, -0.05) is 19.8 Å². The van der Waals surface area contributed by atoms with Gasteiger partial charge in [0.15, 0.2) is 0 Å². The number of nitrogens with one attached hydrogen (secondary N) is 1. The minimum Gasteiger partial charge on any atom is -0.350 e. The van der Waals surface area contributed by atoms with Gasteiger partial charge < -0.3 is 5.32 Å². The molecule has 0 aromatic heterocycles. The molecule has 1 atom stereocenters. The molecule has 0 aliphatic carbocycles. The minimum absolute atomic E-state index is 0.0578. The molecule has 0 radical (unpaired) electrons. The molecule has 0 rings (SSSR count). The molecule has 1 N–H and O–H groups in total. The van der Waals surface area contributed by atoms with Gasteiger partial charge in [-0.15, -0.1) is 11.6 Å². The maximum atomic E-state index is 11.5. The molecule has 1 unspecified atom stereocenters. The lowest BCUT2D eigenvalue weighted by atomic mass is 10.0. The molecule has 0 aromatic carbocycles. The number of halogens is 1. The number of unbranched alkanes of at least 4 members (excludes halogenated alkanes) is 2. The first-order valence-electron chi connectivity index (χ1n) is 5.35. The molecule has 0 aliphatic heterocycles. The third kappa shape index (κ3) is 5.48. The monoisotopic (exact) mass is 219 g/mol. The Labute approximate surface area is 92.4 Å². The Hall–Kier alpha value is -0.240. The van der Waals surface area contributed by atoms with Crippen LogP contribution in [0.15, 0.2) is 0 Å². The van der Waals surface area contributed by atoms with E-state index in [0.29, 0.717) is 6.42 Å². The molecular weight excluding hydrogens is 198 g/mol. The number of amides is 1. The van der Waals surface area contributed by atoms with Gasteiger partial charge in [-0.25, -0.2) is 0 Å². The van der Waals surface area contributed by atoms with Gasteiger partial charge in [-0.2, -0.15) is 0 Å². The molecule has 0 bridgehead atoms. The van der Waals surface area contributed by atoms with Crippen molar-refractivity contribution in [1.82, 2.24) is 5.32 Å². The fraction of sp³-hybridized carbons (Fsp3) is 0.909. The predicted molar refractivity (Wildman–Crippen MR) is 61.7 cm³/mol. The highest BCUT2D eigenvalue weighted by atomic mass is 35.5. The summed E-state index contributed by atoms with van der Waals surface area (Å²) in [7, 11) is 0. The van der Waals surface area contributed by atoms with Crippen molar-refractivity contribution in [2.75, 3.05) is 0 Å². The molecule has 0 heterocycles. The van der Waals surface area contributed by atoms with Crippen LogP contribution in [0.25, 0.3) is 0 Å². The van der Waals surface area contributed by atoms with Gasteiger partial charge >= 0.3 is 0 Å². The van der Waals surface area contributed by atoms with Crippen LogP contribution in [0.4, 0.5) is 0 Å². The fourth-order valence-electron chi connectivity index (χ4n) is 1.06. The van der Waals surface area contributed by atoms with E-state index in [2.05, 4.69) is 12.2 Å². The van der Waals surface area contributed by atoms with Crippen molar-refractivity contribution in [2.45, 2.75) is 64.3 Å². The van der Waals surface area contributed by atoms with Crippen molar-refractivity contribution in [2.24, 2.45) is 0 Å². The molecule has 0 aromatic rings. The first-order valence-corrected chi connectivity index (χ1v) is 5.79. The van der Waals surface area contributed by atoms with E-state index in [-0.39, 0.29) is 16.8 Å². The van der Waals surface area contributed by atoms with Crippen LogP contribution in [0, 0.1) is 0 Å². The van der Waals surface area contributed by atoms with E-state index >= 15 is 0 Å². The van der Waals surface area contributed by atoms with E-state index in [1.54, 1.807) is 0 Å². The second-order valence-corrected chi connectivity index (χ2v) is 5.00. The molecule has 1 amide bonds. The molecule has 3 heteroatoms. The van der Waals surface area contributed by atoms with E-state index in [0.717, 1.165) is 19.3 Å². The van der Waals surface area contributed by atoms with Crippen LogP contribution in [0.3, 0.4) is 0 Å². The number of alkyl halides is 1. The Balaban J connectivity index is 3.82. The summed E-state index contributed by atoms with van der Waals surface area (Å²) >= 11 is 5.96. The van der Waals surface area contributed by atoms with Crippen molar-refractivity contribution in [3.8, 4) is 0 Å². The van der Waals surface area contributed by atoms with Crippen LogP contribution < -0.4 is 5.32 Å². The van der Waals surface area contributed by atoms with E-state index < -0.39 is 0 Å². The maximum Gasteiger partial charge on any atom is 0.220 e. The summed E-state index contributed by atoms with van der Waals surface area (Å²) in [6.45, 7) is 7.92. The van der Waals surface area contributed by atoms with Crippen LogP contribution in [0.5, 0.6) is 0 Å². The normalized spacial score (nSPS) is 13.8. The Kier molecular flexibility index (Phi) is 6.17. The topological polar surface area (TPSA) is 29.1 Å². The minimum atomic E-state index is -0.315. The molecule has 0 aliphatic rings. The van der Waals surface area contributed by atoms with Gasteiger partial charge in [0, 0.05) is 6.42 Å². The summed E-state index contributed by atoms with van der Waals surface area (Å²) in [4.78, 5) is 11.5. The highest BCUT2D eigenvalue weighted by Crippen LogP contribution is 2.15. The first-order chi connectivity index (χ1) is 6.40. The third-order valence-electron chi connectivity index (χ3n) is 2.46. The summed E-state index contributed by atoms with van der Waals surface area (Å²) in [6.07, 6.45) is 3.84. The molecule has 0 saturated heterocycles. The smallest absolute Gasteiger partial charge is 0.220 e. The first kappa shape index (κ1) is 13.8. The van der Waals surface area contributed by atoms with Gasteiger partial charge in [0.1, 0.15) is 0 Å². The number of hydrogen-bond acceptors (Lipinski definition) is 1. The number of hydrogen-bond donors (Lipinski definition) is 1. The standard InChI is InChI=1S/C11H22ClNO/c1-5-6-7-8-10(14)13-11(3,4)9(2)12/h9H,5-8H2,1-4H3,(H,13,14). The zero-order valence-electron chi connectivity index (χ0n) is 9.69. The summed E-state index contributed by atoms with van der Waals surface area (Å²) in [5, 5.41) is 2.89. The summed E-state index contributed by atoms with van der Waals surface area (Å²) < 4.78 is 0. The van der Waals surface area contributed by atoms with Gasteiger partial charge in [-0.3, -0.25) is 4.79 Å². The molecular formula is C11H22ClNO. The summed E-state index contributed by atoms with van der Waals surface area (Å²) in [5.41, 5.74) is -0.315. The Morgan fingerprint density at radius 3 is 2.43 bits per heavy atom. The van der Waals surface area contributed by atoms with E-state index in [4.69, 9.17) is 11.6 Å². The third-order valence-corrected chi connectivity index (χ3v) is 3.01. The Morgan fingerprint density at radius 2 is 2.00 bits per heavy atom. The predicted octanol–water partition coefficient (Wildman–Crippen LogP) is 3.09. The zero-order valence-corrected chi connectivity index (χ0v) is 10.4. The molecule has 14 heavy (non-hydrogen) atoms. The Bertz CT molecular complexity index is 178. The highest BCUT2D eigenvalue weighted by Gasteiger charge is 2.25. The van der Waals surface area contributed by atoms with Crippen molar-refractivity contribution < 1.29 is 4.79 Å². The van der Waals surface area contributed by atoms with E-state index in [1.165, 1.54) is 0 Å². The largest absolute Gasteiger partial charge is 0.350 e. The van der Waals surface area contributed by atoms with Crippen molar-refractivity contribution in [3.63, 3.8) is 0 Å². The highest BCUT2D eigenvalue weighted by molar-refractivity contribution is 6.21. The van der Waals surface area contributed by atoms with Gasteiger partial charge in [0.25, 0.3) is 0 Å². The number of carbonyl (C=O) groups excluding carboxylic acids is 1.